The van der Waals surface area contributed by atoms with Crippen molar-refractivity contribution in [3.05, 3.63) is 35.4 Å². The minimum absolute atomic E-state index is 0.0593. The van der Waals surface area contributed by atoms with Gasteiger partial charge in [0.2, 0.25) is 0 Å². The quantitative estimate of drug-likeness (QED) is 0.622. The molecule has 0 amide bonds. The number of aromatic hydroxyl groups is 2. The summed E-state index contributed by atoms with van der Waals surface area (Å²) in [5, 5.41) is 19.9. The van der Waals surface area contributed by atoms with E-state index in [0.29, 0.717) is 12.8 Å². The van der Waals surface area contributed by atoms with Crippen LogP contribution in [0.15, 0.2) is 24.3 Å². The molecule has 3 rings (SSSR count). The van der Waals surface area contributed by atoms with Gasteiger partial charge in [0.25, 0.3) is 0 Å². The number of carbonyl (C=O) groups excluding carboxylic acids is 2. The molecule has 1 aromatic carbocycles. The molecular weight excluding hydrogens is 336 g/mol. The van der Waals surface area contributed by atoms with Crippen LogP contribution in [0, 0.1) is 0 Å². The van der Waals surface area contributed by atoms with Crippen LogP contribution in [0.4, 0.5) is 0 Å². The first-order valence-corrected chi connectivity index (χ1v) is 9.08. The Bertz CT molecular complexity index is 723. The third kappa shape index (κ3) is 4.43. The normalized spacial score (nSPS) is 27.7. The number of fused-ring (bicyclic) bond motifs is 2. The molecule has 2 unspecified atom stereocenters. The van der Waals surface area contributed by atoms with E-state index in [1.54, 1.807) is 6.08 Å². The molecule has 2 heterocycles. The summed E-state index contributed by atoms with van der Waals surface area (Å²) >= 11 is 0. The molecule has 1 saturated heterocycles. The Morgan fingerprint density at radius 1 is 1.19 bits per heavy atom. The summed E-state index contributed by atoms with van der Waals surface area (Å²) in [5.41, 5.74) is 0.200. The lowest BCUT2D eigenvalue weighted by Crippen LogP contribution is -2.22. The van der Waals surface area contributed by atoms with Gasteiger partial charge in [0, 0.05) is 18.9 Å². The van der Waals surface area contributed by atoms with Gasteiger partial charge in [0.05, 0.1) is 12.2 Å². The van der Waals surface area contributed by atoms with E-state index in [9.17, 15) is 19.8 Å². The molecule has 2 aliphatic rings. The second-order valence-corrected chi connectivity index (χ2v) is 6.89. The van der Waals surface area contributed by atoms with Gasteiger partial charge in [-0.3, -0.25) is 4.79 Å². The maximum atomic E-state index is 12.7. The summed E-state index contributed by atoms with van der Waals surface area (Å²) in [6.45, 7) is 2.01. The van der Waals surface area contributed by atoms with Gasteiger partial charge in [-0.25, -0.2) is 4.79 Å². The van der Waals surface area contributed by atoms with Crippen LogP contribution in [0.2, 0.25) is 0 Å². The molecule has 2 N–H and O–H groups in total. The summed E-state index contributed by atoms with van der Waals surface area (Å²) in [6.07, 6.45) is 6.84. The number of carbonyl (C=O) groups is 2. The number of benzene rings is 1. The first-order valence-electron chi connectivity index (χ1n) is 9.08. The predicted molar refractivity (Wildman–Crippen MR) is 94.2 cm³/mol. The molecule has 2 aliphatic heterocycles. The number of cyclic esters (lactones) is 1. The van der Waals surface area contributed by atoms with Gasteiger partial charge in [-0.05, 0) is 37.0 Å². The summed E-state index contributed by atoms with van der Waals surface area (Å²) in [7, 11) is 0. The van der Waals surface area contributed by atoms with E-state index in [1.165, 1.54) is 12.1 Å². The van der Waals surface area contributed by atoms with Gasteiger partial charge in [0.15, 0.2) is 5.78 Å². The molecule has 0 bridgehead atoms. The molecule has 6 heteroatoms. The fourth-order valence-electron chi connectivity index (χ4n) is 3.42. The van der Waals surface area contributed by atoms with Crippen LogP contribution in [-0.2, 0) is 20.7 Å². The molecular formula is C20H24O6. The third-order valence-electron chi connectivity index (χ3n) is 4.74. The Kier molecular flexibility index (Phi) is 5.61. The van der Waals surface area contributed by atoms with Crippen LogP contribution in [0.3, 0.4) is 0 Å². The maximum absolute atomic E-state index is 12.7. The monoisotopic (exact) mass is 360 g/mol. The van der Waals surface area contributed by atoms with Crippen molar-refractivity contribution in [3.8, 4) is 11.5 Å². The van der Waals surface area contributed by atoms with Gasteiger partial charge >= 0.3 is 5.97 Å². The molecule has 0 aromatic heterocycles. The minimum Gasteiger partial charge on any atom is -0.508 e. The van der Waals surface area contributed by atoms with Crippen LogP contribution < -0.4 is 0 Å². The largest absolute Gasteiger partial charge is 0.508 e. The van der Waals surface area contributed by atoms with E-state index in [0.717, 1.165) is 25.3 Å². The Balaban J connectivity index is 1.92. The average molecular weight is 360 g/mol. The van der Waals surface area contributed by atoms with Gasteiger partial charge in [-0.15, -0.1) is 0 Å². The van der Waals surface area contributed by atoms with Crippen LogP contribution in [0.25, 0.3) is 0 Å². The number of phenolic OH excluding ortho intramolecular Hbond substituents is 2. The molecule has 0 aliphatic carbocycles. The highest BCUT2D eigenvalue weighted by Gasteiger charge is 2.40. The number of ketones is 1. The Hall–Kier alpha value is -2.34. The zero-order valence-corrected chi connectivity index (χ0v) is 14.8. The molecule has 3 atom stereocenters. The topological polar surface area (TPSA) is 96.4 Å². The summed E-state index contributed by atoms with van der Waals surface area (Å²) in [4.78, 5) is 24.9. The standard InChI is InChI=1S/C20H24O6/c1-2-5-15-11-18-17(26-18)7-4-3-6-13(21)8-12-9-14(22)10-16(23)19(12)20(24)25-15/h3,6,9-10,15,17-18,22-23H,2,4-5,7-8,11H2,1H3/b6-3+/t15-,17?,18?/m1/s1. The smallest absolute Gasteiger partial charge is 0.342 e. The fourth-order valence-corrected chi connectivity index (χ4v) is 3.42. The number of hydrogen-bond acceptors (Lipinski definition) is 6. The van der Waals surface area contributed by atoms with Crippen LogP contribution in [0.5, 0.6) is 11.5 Å². The van der Waals surface area contributed by atoms with Crippen molar-refractivity contribution in [1.29, 1.82) is 0 Å². The van der Waals surface area contributed by atoms with Gasteiger partial charge in [0.1, 0.15) is 23.2 Å². The van der Waals surface area contributed by atoms with Crippen molar-refractivity contribution in [1.82, 2.24) is 0 Å². The van der Waals surface area contributed by atoms with E-state index >= 15 is 0 Å². The van der Waals surface area contributed by atoms with Crippen molar-refractivity contribution in [2.24, 2.45) is 0 Å². The van der Waals surface area contributed by atoms with Crippen LogP contribution >= 0.6 is 0 Å². The Labute approximate surface area is 152 Å². The Morgan fingerprint density at radius 2 is 2.00 bits per heavy atom. The number of allylic oxidation sites excluding steroid dienone is 2. The van der Waals surface area contributed by atoms with Crippen LogP contribution in [0.1, 0.15) is 54.9 Å². The number of phenols is 2. The fraction of sp³-hybridized carbons (Fsp3) is 0.500. The average Bonchev–Trinajstić information content (AvgIpc) is 3.28. The third-order valence-corrected chi connectivity index (χ3v) is 4.74. The molecule has 6 nitrogen and oxygen atoms in total. The van der Waals surface area contributed by atoms with E-state index in [2.05, 4.69) is 0 Å². The molecule has 1 fully saturated rings. The first-order chi connectivity index (χ1) is 12.5. The SMILES string of the molecule is CCC[C@@H]1CC2OC2CC/C=C/C(=O)Cc2cc(O)cc(O)c2C(=O)O1. The van der Waals surface area contributed by atoms with E-state index < -0.39 is 5.97 Å². The van der Waals surface area contributed by atoms with Crippen molar-refractivity contribution in [2.75, 3.05) is 0 Å². The number of rotatable bonds is 2. The zero-order valence-electron chi connectivity index (χ0n) is 14.8. The highest BCUT2D eigenvalue weighted by molar-refractivity contribution is 5.98. The lowest BCUT2D eigenvalue weighted by atomic mass is 9.99. The Morgan fingerprint density at radius 3 is 2.77 bits per heavy atom. The number of esters is 1. The van der Waals surface area contributed by atoms with E-state index in [4.69, 9.17) is 9.47 Å². The van der Waals surface area contributed by atoms with Gasteiger partial charge < -0.3 is 19.7 Å². The van der Waals surface area contributed by atoms with E-state index in [1.807, 2.05) is 6.92 Å². The molecule has 0 saturated carbocycles. The van der Waals surface area contributed by atoms with Crippen LogP contribution in [-0.4, -0.2) is 40.3 Å². The molecule has 1 aromatic rings. The van der Waals surface area contributed by atoms with Gasteiger partial charge in [-0.1, -0.05) is 19.4 Å². The van der Waals surface area contributed by atoms with Crippen molar-refractivity contribution in [2.45, 2.75) is 63.8 Å². The predicted octanol–water partition coefficient (Wildman–Crippen LogP) is 3.04. The molecule has 0 radical (unpaired) electrons. The van der Waals surface area contributed by atoms with E-state index in [-0.39, 0.29) is 53.1 Å². The summed E-state index contributed by atoms with van der Waals surface area (Å²) in [6, 6.07) is 2.40. The second kappa shape index (κ2) is 7.91. The zero-order chi connectivity index (χ0) is 18.7. The first kappa shape index (κ1) is 18.5. The molecule has 0 spiro atoms. The number of epoxide rings is 1. The summed E-state index contributed by atoms with van der Waals surface area (Å²) < 4.78 is 11.3. The maximum Gasteiger partial charge on any atom is 0.342 e. The lowest BCUT2D eigenvalue weighted by molar-refractivity contribution is -0.114. The number of hydrogen-bond donors (Lipinski definition) is 2. The van der Waals surface area contributed by atoms with Gasteiger partial charge in [-0.2, -0.15) is 0 Å². The van der Waals surface area contributed by atoms with Crippen molar-refractivity contribution >= 4 is 11.8 Å². The second-order valence-electron chi connectivity index (χ2n) is 6.89. The molecule has 140 valence electrons. The number of ether oxygens (including phenoxy) is 2. The molecule has 26 heavy (non-hydrogen) atoms. The highest BCUT2D eigenvalue weighted by atomic mass is 16.6. The highest BCUT2D eigenvalue weighted by Crippen LogP contribution is 2.34. The minimum atomic E-state index is -0.679. The summed E-state index contributed by atoms with van der Waals surface area (Å²) in [5.74, 6) is -1.47. The van der Waals surface area contributed by atoms with Crippen molar-refractivity contribution < 1.29 is 29.3 Å². The van der Waals surface area contributed by atoms with Crippen molar-refractivity contribution in [3.63, 3.8) is 0 Å². The lowest BCUT2D eigenvalue weighted by Gasteiger charge is -2.18.